The standard InChI is InChI=1S/C60H96O6/c1-4-7-10-13-16-19-22-25-27-29-30-31-33-35-38-41-44-47-50-53-59(62)65-56-57(55-64-58(61)52-49-46-43-40-37-34-24-21-18-15-12-9-6-3)66-60(63)54-51-48-45-42-39-36-32-28-26-23-20-17-14-11-8-5-2/h7-12,15-21,24-28,30-31,57H,4-6,13-14,22-23,29,32-56H2,1-3H3/b10-7-,11-8-,12-9-,18-15-,19-16-,20-17-,24-21-,27-25-,28-26-,31-30-. The molecule has 0 aromatic heterocycles. The van der Waals surface area contributed by atoms with Crippen molar-refractivity contribution >= 4 is 17.9 Å². The van der Waals surface area contributed by atoms with Crippen LogP contribution in [-0.4, -0.2) is 37.2 Å². The normalized spacial score (nSPS) is 13.1. The minimum atomic E-state index is -0.803. The summed E-state index contributed by atoms with van der Waals surface area (Å²) in [5.74, 6) is -0.954. The molecule has 6 heteroatoms. The third kappa shape index (κ3) is 50.8. The predicted octanol–water partition coefficient (Wildman–Crippen LogP) is 17.7. The molecule has 0 heterocycles. The maximum atomic E-state index is 12.8. The second-order valence-corrected chi connectivity index (χ2v) is 17.0. The Morgan fingerprint density at radius 3 is 1.02 bits per heavy atom. The molecule has 0 amide bonds. The Morgan fingerprint density at radius 2 is 0.621 bits per heavy atom. The second-order valence-electron chi connectivity index (χ2n) is 17.0. The van der Waals surface area contributed by atoms with E-state index in [1.807, 2.05) is 0 Å². The van der Waals surface area contributed by atoms with Gasteiger partial charge in [0.25, 0.3) is 0 Å². The highest BCUT2D eigenvalue weighted by Crippen LogP contribution is 2.13. The van der Waals surface area contributed by atoms with E-state index in [-0.39, 0.29) is 31.1 Å². The molecular weight excluding hydrogens is 817 g/mol. The average molecular weight is 913 g/mol. The molecule has 1 atom stereocenters. The summed E-state index contributed by atoms with van der Waals surface area (Å²) in [5.41, 5.74) is 0. The first-order chi connectivity index (χ1) is 32.5. The molecule has 372 valence electrons. The molecule has 0 aliphatic carbocycles. The molecule has 0 fully saturated rings. The van der Waals surface area contributed by atoms with E-state index in [0.29, 0.717) is 19.3 Å². The van der Waals surface area contributed by atoms with Crippen molar-refractivity contribution in [2.45, 2.75) is 226 Å². The lowest BCUT2D eigenvalue weighted by Crippen LogP contribution is -2.30. The van der Waals surface area contributed by atoms with Crippen LogP contribution in [0.2, 0.25) is 0 Å². The highest BCUT2D eigenvalue weighted by Gasteiger charge is 2.19. The molecule has 0 N–H and O–H groups in total. The molecule has 6 nitrogen and oxygen atoms in total. The number of carbonyl (C=O) groups excluding carboxylic acids is 3. The van der Waals surface area contributed by atoms with Crippen molar-refractivity contribution in [1.82, 2.24) is 0 Å². The van der Waals surface area contributed by atoms with Crippen LogP contribution >= 0.6 is 0 Å². The fourth-order valence-corrected chi connectivity index (χ4v) is 6.86. The van der Waals surface area contributed by atoms with Crippen molar-refractivity contribution in [2.24, 2.45) is 0 Å². The number of carbonyl (C=O) groups is 3. The Kier molecular flexibility index (Phi) is 50.0. The monoisotopic (exact) mass is 913 g/mol. The van der Waals surface area contributed by atoms with Crippen LogP contribution in [0.5, 0.6) is 0 Å². The number of allylic oxidation sites excluding steroid dienone is 20. The van der Waals surface area contributed by atoms with E-state index in [0.717, 1.165) is 154 Å². The Balaban J connectivity index is 4.46. The van der Waals surface area contributed by atoms with E-state index in [9.17, 15) is 14.4 Å². The van der Waals surface area contributed by atoms with E-state index in [1.54, 1.807) is 0 Å². The average Bonchev–Trinajstić information content (AvgIpc) is 3.31. The molecule has 0 aromatic rings. The Morgan fingerprint density at radius 1 is 0.318 bits per heavy atom. The third-order valence-corrected chi connectivity index (χ3v) is 10.8. The number of esters is 3. The van der Waals surface area contributed by atoms with Crippen molar-refractivity contribution in [2.75, 3.05) is 13.2 Å². The smallest absolute Gasteiger partial charge is 0.306 e. The van der Waals surface area contributed by atoms with Gasteiger partial charge >= 0.3 is 17.9 Å². The van der Waals surface area contributed by atoms with Gasteiger partial charge in [-0.1, -0.05) is 213 Å². The SMILES string of the molecule is CC\C=C/C=C\C=C/CCCCCCCC(=O)OCC(COC(=O)CCCCCCCC/C=C\C/C=C\C/C=C\C/C=C\CC)OC(=O)CCCCCCCC/C=C\C/C=C\C/C=C\CC. The zero-order valence-corrected chi connectivity index (χ0v) is 42.4. The molecule has 0 saturated heterocycles. The lowest BCUT2D eigenvalue weighted by molar-refractivity contribution is -0.167. The van der Waals surface area contributed by atoms with Gasteiger partial charge in [0.05, 0.1) is 0 Å². The minimum absolute atomic E-state index is 0.101. The van der Waals surface area contributed by atoms with Crippen molar-refractivity contribution < 1.29 is 28.6 Å². The van der Waals surface area contributed by atoms with Gasteiger partial charge < -0.3 is 14.2 Å². The molecule has 0 aliphatic heterocycles. The Bertz CT molecular complexity index is 1420. The Hall–Kier alpha value is -4.19. The van der Waals surface area contributed by atoms with Crippen LogP contribution in [0.15, 0.2) is 122 Å². The molecule has 0 bridgehead atoms. The molecular formula is C60H96O6. The molecule has 0 radical (unpaired) electrons. The van der Waals surface area contributed by atoms with Gasteiger partial charge in [-0.2, -0.15) is 0 Å². The van der Waals surface area contributed by atoms with Gasteiger partial charge in [-0.25, -0.2) is 0 Å². The van der Waals surface area contributed by atoms with Crippen molar-refractivity contribution in [3.8, 4) is 0 Å². The van der Waals surface area contributed by atoms with Gasteiger partial charge in [-0.3, -0.25) is 14.4 Å². The zero-order valence-electron chi connectivity index (χ0n) is 42.4. The molecule has 0 aliphatic rings. The van der Waals surface area contributed by atoms with Gasteiger partial charge in [-0.15, -0.1) is 0 Å². The van der Waals surface area contributed by atoms with E-state index < -0.39 is 6.10 Å². The van der Waals surface area contributed by atoms with E-state index >= 15 is 0 Å². The third-order valence-electron chi connectivity index (χ3n) is 10.8. The fourth-order valence-electron chi connectivity index (χ4n) is 6.86. The molecule has 1 unspecified atom stereocenters. The van der Waals surface area contributed by atoms with Crippen LogP contribution < -0.4 is 0 Å². The molecule has 0 aromatic carbocycles. The van der Waals surface area contributed by atoms with Crippen LogP contribution in [0, 0.1) is 0 Å². The summed E-state index contributed by atoms with van der Waals surface area (Å²) >= 11 is 0. The lowest BCUT2D eigenvalue weighted by atomic mass is 10.1. The first-order valence-corrected chi connectivity index (χ1v) is 26.6. The van der Waals surface area contributed by atoms with Crippen LogP contribution in [0.4, 0.5) is 0 Å². The summed E-state index contributed by atoms with van der Waals surface area (Å²) in [6, 6.07) is 0. The number of hydrogen-bond donors (Lipinski definition) is 0. The van der Waals surface area contributed by atoms with Gasteiger partial charge in [0, 0.05) is 19.3 Å². The number of hydrogen-bond acceptors (Lipinski definition) is 6. The Labute approximate surface area is 405 Å². The van der Waals surface area contributed by atoms with Gasteiger partial charge in [0.1, 0.15) is 13.2 Å². The topological polar surface area (TPSA) is 78.9 Å². The van der Waals surface area contributed by atoms with Gasteiger partial charge in [-0.05, 0) is 109 Å². The number of unbranched alkanes of at least 4 members (excludes halogenated alkanes) is 17. The summed E-state index contributed by atoms with van der Waals surface area (Å²) in [6.07, 6.45) is 73.2. The lowest BCUT2D eigenvalue weighted by Gasteiger charge is -2.18. The van der Waals surface area contributed by atoms with Gasteiger partial charge in [0.2, 0.25) is 0 Å². The summed E-state index contributed by atoms with van der Waals surface area (Å²) in [7, 11) is 0. The molecule has 0 saturated carbocycles. The summed E-state index contributed by atoms with van der Waals surface area (Å²) < 4.78 is 16.8. The zero-order chi connectivity index (χ0) is 47.9. The highest BCUT2D eigenvalue weighted by atomic mass is 16.6. The molecule has 0 rings (SSSR count). The number of rotatable bonds is 46. The van der Waals surface area contributed by atoms with E-state index in [2.05, 4.69) is 142 Å². The van der Waals surface area contributed by atoms with E-state index in [1.165, 1.54) is 25.7 Å². The van der Waals surface area contributed by atoms with Gasteiger partial charge in [0.15, 0.2) is 6.10 Å². The van der Waals surface area contributed by atoms with E-state index in [4.69, 9.17) is 14.2 Å². The van der Waals surface area contributed by atoms with Crippen molar-refractivity contribution in [1.29, 1.82) is 0 Å². The second kappa shape index (κ2) is 53.4. The first-order valence-electron chi connectivity index (χ1n) is 26.6. The molecule has 66 heavy (non-hydrogen) atoms. The largest absolute Gasteiger partial charge is 0.462 e. The summed E-state index contributed by atoms with van der Waals surface area (Å²) in [4.78, 5) is 38.1. The predicted molar refractivity (Wildman–Crippen MR) is 283 cm³/mol. The maximum Gasteiger partial charge on any atom is 0.306 e. The van der Waals surface area contributed by atoms with Crippen molar-refractivity contribution in [3.05, 3.63) is 122 Å². The maximum absolute atomic E-state index is 12.8. The number of ether oxygens (including phenoxy) is 3. The van der Waals surface area contributed by atoms with Crippen molar-refractivity contribution in [3.63, 3.8) is 0 Å². The van der Waals surface area contributed by atoms with Crippen LogP contribution in [0.3, 0.4) is 0 Å². The molecule has 0 spiro atoms. The minimum Gasteiger partial charge on any atom is -0.462 e. The quantitative estimate of drug-likeness (QED) is 0.0199. The van der Waals surface area contributed by atoms with Crippen LogP contribution in [0.25, 0.3) is 0 Å². The first kappa shape index (κ1) is 61.8. The van der Waals surface area contributed by atoms with Crippen LogP contribution in [-0.2, 0) is 28.6 Å². The fraction of sp³-hybridized carbons (Fsp3) is 0.617. The van der Waals surface area contributed by atoms with Crippen LogP contribution in [0.1, 0.15) is 220 Å². The summed E-state index contributed by atoms with van der Waals surface area (Å²) in [5, 5.41) is 0. The highest BCUT2D eigenvalue weighted by molar-refractivity contribution is 5.71. The summed E-state index contributed by atoms with van der Waals surface area (Å²) in [6.45, 7) is 6.23.